The maximum Gasteiger partial charge on any atom is 0.318 e. The average Bonchev–Trinajstić information content (AvgIpc) is 2.27. The first-order valence-electron chi connectivity index (χ1n) is 5.75. The maximum absolute atomic E-state index is 11.6. The highest BCUT2D eigenvalue weighted by atomic mass is 16.2. The summed E-state index contributed by atoms with van der Waals surface area (Å²) in [5, 5.41) is 2.06. The smallest absolute Gasteiger partial charge is 0.318 e. The van der Waals surface area contributed by atoms with Gasteiger partial charge in [-0.25, -0.2) is 4.79 Å². The van der Waals surface area contributed by atoms with E-state index in [4.69, 9.17) is 5.73 Å². The number of rotatable bonds is 3. The lowest BCUT2D eigenvalue weighted by Crippen LogP contribution is -2.50. The van der Waals surface area contributed by atoms with Crippen molar-refractivity contribution in [2.75, 3.05) is 7.05 Å². The molecule has 1 unspecified atom stereocenters. The van der Waals surface area contributed by atoms with Gasteiger partial charge in [-0.15, -0.1) is 0 Å². The zero-order valence-electron chi connectivity index (χ0n) is 10.2. The number of Topliss-reactive ketones (excluding diaryl/α,β-unsaturated/α-hetero) is 1. The molecule has 0 aliphatic heterocycles. The van der Waals surface area contributed by atoms with Gasteiger partial charge in [-0.05, 0) is 26.8 Å². The molecule has 6 heteroatoms. The molecule has 0 saturated heterocycles. The van der Waals surface area contributed by atoms with E-state index in [1.54, 1.807) is 6.92 Å². The fraction of sp³-hybridized carbons (Fsp3) is 0.727. The van der Waals surface area contributed by atoms with Crippen LogP contribution in [0.5, 0.6) is 0 Å². The molecule has 0 radical (unpaired) electrons. The number of primary amides is 1. The summed E-state index contributed by atoms with van der Waals surface area (Å²) in [6.45, 7) is 1.72. The van der Waals surface area contributed by atoms with Gasteiger partial charge in [0, 0.05) is 18.9 Å². The number of likely N-dealkylation sites (N-methyl/N-ethyl adjacent to an activating group) is 1. The van der Waals surface area contributed by atoms with Crippen LogP contribution >= 0.6 is 0 Å². The molecule has 3 amide bonds. The van der Waals surface area contributed by atoms with Crippen LogP contribution in [0.2, 0.25) is 0 Å². The minimum Gasteiger partial charge on any atom is -0.351 e. The van der Waals surface area contributed by atoms with Gasteiger partial charge < -0.3 is 5.73 Å². The van der Waals surface area contributed by atoms with Crippen molar-refractivity contribution in [2.45, 2.75) is 44.7 Å². The van der Waals surface area contributed by atoms with Gasteiger partial charge in [0.2, 0.25) is 5.91 Å². The van der Waals surface area contributed by atoms with Crippen molar-refractivity contribution < 1.29 is 14.4 Å². The number of nitrogens with one attached hydrogen (secondary N) is 1. The minimum atomic E-state index is -0.839. The summed E-state index contributed by atoms with van der Waals surface area (Å²) in [4.78, 5) is 35.2. The predicted molar refractivity (Wildman–Crippen MR) is 62.2 cm³/mol. The number of ketones is 1. The number of nitrogens with two attached hydrogens (primary N) is 1. The molecule has 1 aliphatic rings. The Hall–Kier alpha value is -1.43. The van der Waals surface area contributed by atoms with Crippen LogP contribution < -0.4 is 11.1 Å². The summed E-state index contributed by atoms with van der Waals surface area (Å²) in [5.74, 6) is -0.124. The SMILES string of the molecule is CC(C(=O)NC(N)=O)N(C)C1CCC(=O)CC1. The maximum atomic E-state index is 11.6. The summed E-state index contributed by atoms with van der Waals surface area (Å²) in [7, 11) is 1.83. The zero-order chi connectivity index (χ0) is 13.0. The molecule has 3 N–H and O–H groups in total. The van der Waals surface area contributed by atoms with Crippen molar-refractivity contribution in [3.63, 3.8) is 0 Å². The van der Waals surface area contributed by atoms with E-state index < -0.39 is 18.0 Å². The van der Waals surface area contributed by atoms with Gasteiger partial charge >= 0.3 is 6.03 Å². The van der Waals surface area contributed by atoms with E-state index in [1.165, 1.54) is 0 Å². The van der Waals surface area contributed by atoms with Gasteiger partial charge in [-0.3, -0.25) is 19.8 Å². The van der Waals surface area contributed by atoms with Crippen molar-refractivity contribution >= 4 is 17.7 Å². The Kier molecular flexibility index (Phi) is 4.62. The van der Waals surface area contributed by atoms with Gasteiger partial charge in [0.05, 0.1) is 6.04 Å². The Balaban J connectivity index is 2.51. The Morgan fingerprint density at radius 1 is 1.41 bits per heavy atom. The molecule has 0 aromatic heterocycles. The van der Waals surface area contributed by atoms with Crippen molar-refractivity contribution in [3.05, 3.63) is 0 Å². The molecule has 1 saturated carbocycles. The Labute approximate surface area is 101 Å². The monoisotopic (exact) mass is 241 g/mol. The molecule has 0 heterocycles. The van der Waals surface area contributed by atoms with E-state index >= 15 is 0 Å². The van der Waals surface area contributed by atoms with E-state index in [0.29, 0.717) is 12.8 Å². The number of hydrogen-bond acceptors (Lipinski definition) is 4. The van der Waals surface area contributed by atoms with Crippen LogP contribution in [0.4, 0.5) is 4.79 Å². The summed E-state index contributed by atoms with van der Waals surface area (Å²) < 4.78 is 0. The number of urea groups is 1. The molecular weight excluding hydrogens is 222 g/mol. The molecule has 0 aromatic carbocycles. The lowest BCUT2D eigenvalue weighted by molar-refractivity contribution is -0.125. The van der Waals surface area contributed by atoms with Crippen LogP contribution in [-0.2, 0) is 9.59 Å². The van der Waals surface area contributed by atoms with Crippen molar-refractivity contribution in [3.8, 4) is 0 Å². The molecule has 0 aromatic rings. The molecule has 1 fully saturated rings. The molecule has 1 atom stereocenters. The number of hydrogen-bond donors (Lipinski definition) is 2. The summed E-state index contributed by atoms with van der Waals surface area (Å²) in [6.07, 6.45) is 2.67. The fourth-order valence-electron chi connectivity index (χ4n) is 2.06. The van der Waals surface area contributed by atoms with Gasteiger partial charge in [0.15, 0.2) is 0 Å². The summed E-state index contributed by atoms with van der Waals surface area (Å²) in [6, 6.07) is -1.06. The highest BCUT2D eigenvalue weighted by Crippen LogP contribution is 2.20. The molecule has 1 aliphatic carbocycles. The highest BCUT2D eigenvalue weighted by Gasteiger charge is 2.28. The van der Waals surface area contributed by atoms with Gasteiger partial charge in [0.1, 0.15) is 5.78 Å². The molecule has 0 spiro atoms. The van der Waals surface area contributed by atoms with E-state index in [-0.39, 0.29) is 11.8 Å². The molecule has 17 heavy (non-hydrogen) atoms. The molecule has 6 nitrogen and oxygen atoms in total. The van der Waals surface area contributed by atoms with Crippen LogP contribution in [0.3, 0.4) is 0 Å². The first kappa shape index (κ1) is 13.6. The van der Waals surface area contributed by atoms with E-state index in [0.717, 1.165) is 12.8 Å². The second-order valence-corrected chi connectivity index (χ2v) is 4.46. The lowest BCUT2D eigenvalue weighted by atomic mass is 9.92. The van der Waals surface area contributed by atoms with Crippen molar-refractivity contribution in [1.82, 2.24) is 10.2 Å². The van der Waals surface area contributed by atoms with E-state index in [9.17, 15) is 14.4 Å². The Bertz CT molecular complexity index is 320. The Morgan fingerprint density at radius 2 is 1.94 bits per heavy atom. The predicted octanol–water partition coefficient (Wildman–Crippen LogP) is 0.0133. The minimum absolute atomic E-state index is 0.210. The van der Waals surface area contributed by atoms with Gasteiger partial charge in [0.25, 0.3) is 0 Å². The number of amides is 3. The van der Waals surface area contributed by atoms with Crippen molar-refractivity contribution in [1.29, 1.82) is 0 Å². The number of carbonyl (C=O) groups excluding carboxylic acids is 3. The van der Waals surface area contributed by atoms with Crippen LogP contribution in [0.25, 0.3) is 0 Å². The first-order valence-corrected chi connectivity index (χ1v) is 5.75. The van der Waals surface area contributed by atoms with Gasteiger partial charge in [-0.2, -0.15) is 0 Å². The third-order valence-corrected chi connectivity index (χ3v) is 3.33. The third kappa shape index (κ3) is 3.81. The Morgan fingerprint density at radius 3 is 2.41 bits per heavy atom. The topological polar surface area (TPSA) is 92.5 Å². The van der Waals surface area contributed by atoms with Crippen molar-refractivity contribution in [2.24, 2.45) is 5.73 Å². The fourth-order valence-corrected chi connectivity index (χ4v) is 2.06. The summed E-state index contributed by atoms with van der Waals surface area (Å²) in [5.41, 5.74) is 4.89. The summed E-state index contributed by atoms with van der Waals surface area (Å²) >= 11 is 0. The number of imide groups is 1. The quantitative estimate of drug-likeness (QED) is 0.728. The van der Waals surface area contributed by atoms with Crippen LogP contribution in [0.1, 0.15) is 32.6 Å². The first-order chi connectivity index (χ1) is 7.91. The van der Waals surface area contributed by atoms with Crippen LogP contribution in [0, 0.1) is 0 Å². The molecule has 0 bridgehead atoms. The normalized spacial score (nSPS) is 19.1. The van der Waals surface area contributed by atoms with Crippen LogP contribution in [0.15, 0.2) is 0 Å². The third-order valence-electron chi connectivity index (χ3n) is 3.33. The molecule has 1 rings (SSSR count). The number of carbonyl (C=O) groups is 3. The molecular formula is C11H19N3O3. The average molecular weight is 241 g/mol. The number of nitrogens with zero attached hydrogens (tertiary/aromatic N) is 1. The van der Waals surface area contributed by atoms with Crippen LogP contribution in [-0.4, -0.2) is 41.8 Å². The zero-order valence-corrected chi connectivity index (χ0v) is 10.2. The standard InChI is InChI=1S/C11H19N3O3/c1-7(10(16)13-11(12)17)14(2)8-3-5-9(15)6-4-8/h7-8H,3-6H2,1-2H3,(H3,12,13,16,17). The van der Waals surface area contributed by atoms with E-state index in [1.807, 2.05) is 11.9 Å². The van der Waals surface area contributed by atoms with E-state index in [2.05, 4.69) is 5.32 Å². The van der Waals surface area contributed by atoms with Gasteiger partial charge in [-0.1, -0.05) is 0 Å². The molecule has 96 valence electrons. The lowest BCUT2D eigenvalue weighted by Gasteiger charge is -2.34. The second-order valence-electron chi connectivity index (χ2n) is 4.46. The second kappa shape index (κ2) is 5.77. The highest BCUT2D eigenvalue weighted by molar-refractivity contribution is 5.96. The largest absolute Gasteiger partial charge is 0.351 e.